The smallest absolute Gasteiger partial charge is 0.262 e. The fraction of sp³-hybridized carbons (Fsp3) is 0.786. The summed E-state index contributed by atoms with van der Waals surface area (Å²) in [6.45, 7) is 9.83. The number of aryl methyl sites for hydroxylation is 1. The van der Waals surface area contributed by atoms with Gasteiger partial charge in [-0.3, -0.25) is 5.10 Å². The highest BCUT2D eigenvalue weighted by atomic mass is 32.2. The number of hydrogen-bond donors (Lipinski definition) is 2. The van der Waals surface area contributed by atoms with Crippen LogP contribution in [0.15, 0.2) is 5.03 Å². The van der Waals surface area contributed by atoms with Gasteiger partial charge in [-0.05, 0) is 39.2 Å². The first-order chi connectivity index (χ1) is 9.87. The standard InChI is InChI=1S/C14H26N4O2S/c1-5-15-8-13-12(4)16-17-14(13)21(19,20)18-9-10(2)6-7-11(18)3/h10-11,15H,5-9H2,1-4H3,(H,16,17). The van der Waals surface area contributed by atoms with Crippen LogP contribution in [0, 0.1) is 12.8 Å². The minimum atomic E-state index is -3.53. The zero-order valence-corrected chi connectivity index (χ0v) is 14.1. The number of nitrogens with zero attached hydrogens (tertiary/aromatic N) is 2. The van der Waals surface area contributed by atoms with Crippen LogP contribution in [0.3, 0.4) is 0 Å². The molecule has 0 bridgehead atoms. The van der Waals surface area contributed by atoms with E-state index >= 15 is 0 Å². The van der Waals surface area contributed by atoms with Crippen molar-refractivity contribution in [2.75, 3.05) is 13.1 Å². The molecule has 0 spiro atoms. The summed E-state index contributed by atoms with van der Waals surface area (Å²) in [5.41, 5.74) is 1.56. The Balaban J connectivity index is 2.35. The van der Waals surface area contributed by atoms with Gasteiger partial charge in [0.1, 0.15) is 0 Å². The molecule has 21 heavy (non-hydrogen) atoms. The molecule has 1 aromatic heterocycles. The molecular formula is C14H26N4O2S. The van der Waals surface area contributed by atoms with Gasteiger partial charge in [0.2, 0.25) is 0 Å². The molecule has 0 aliphatic carbocycles. The molecule has 1 aromatic rings. The number of aromatic amines is 1. The molecule has 1 aliphatic rings. The lowest BCUT2D eigenvalue weighted by Crippen LogP contribution is -2.45. The molecule has 1 fully saturated rings. The number of sulfonamides is 1. The van der Waals surface area contributed by atoms with E-state index in [4.69, 9.17) is 0 Å². The maximum absolute atomic E-state index is 13.0. The average Bonchev–Trinajstić information content (AvgIpc) is 2.81. The lowest BCUT2D eigenvalue weighted by molar-refractivity contribution is 0.217. The van der Waals surface area contributed by atoms with Crippen LogP contribution >= 0.6 is 0 Å². The molecule has 7 heteroatoms. The molecule has 0 aromatic carbocycles. The van der Waals surface area contributed by atoms with Crippen LogP contribution in [-0.2, 0) is 16.6 Å². The summed E-state index contributed by atoms with van der Waals surface area (Å²) in [4.78, 5) is 0. The highest BCUT2D eigenvalue weighted by Gasteiger charge is 2.36. The number of nitrogens with one attached hydrogen (secondary N) is 2. The Morgan fingerprint density at radius 2 is 2.10 bits per heavy atom. The molecule has 0 amide bonds. The van der Waals surface area contributed by atoms with Crippen molar-refractivity contribution >= 4 is 10.0 Å². The van der Waals surface area contributed by atoms with Gasteiger partial charge in [-0.2, -0.15) is 9.40 Å². The fourth-order valence-corrected chi connectivity index (χ4v) is 4.75. The molecule has 2 atom stereocenters. The molecule has 1 saturated heterocycles. The van der Waals surface area contributed by atoms with E-state index in [9.17, 15) is 8.42 Å². The number of H-pyrrole nitrogens is 1. The van der Waals surface area contributed by atoms with E-state index < -0.39 is 10.0 Å². The Kier molecular flexibility index (Phi) is 5.06. The van der Waals surface area contributed by atoms with Crippen molar-refractivity contribution in [2.24, 2.45) is 5.92 Å². The summed E-state index contributed by atoms with van der Waals surface area (Å²) < 4.78 is 27.5. The highest BCUT2D eigenvalue weighted by Crippen LogP contribution is 2.29. The van der Waals surface area contributed by atoms with Crippen LogP contribution in [0.5, 0.6) is 0 Å². The second kappa shape index (κ2) is 6.46. The summed E-state index contributed by atoms with van der Waals surface area (Å²) in [7, 11) is -3.53. The van der Waals surface area contributed by atoms with E-state index in [1.54, 1.807) is 4.31 Å². The van der Waals surface area contributed by atoms with Gasteiger partial charge in [-0.1, -0.05) is 13.8 Å². The van der Waals surface area contributed by atoms with Crippen LogP contribution in [0.1, 0.15) is 44.9 Å². The maximum atomic E-state index is 13.0. The van der Waals surface area contributed by atoms with Gasteiger partial charge in [0.05, 0.1) is 0 Å². The Morgan fingerprint density at radius 3 is 2.76 bits per heavy atom. The van der Waals surface area contributed by atoms with Crippen LogP contribution in [0.4, 0.5) is 0 Å². The van der Waals surface area contributed by atoms with E-state index in [1.807, 2.05) is 20.8 Å². The molecule has 2 heterocycles. The van der Waals surface area contributed by atoms with Crippen LogP contribution < -0.4 is 5.32 Å². The quantitative estimate of drug-likeness (QED) is 0.866. The average molecular weight is 314 g/mol. The van der Waals surface area contributed by atoms with Crippen molar-refractivity contribution < 1.29 is 8.42 Å². The van der Waals surface area contributed by atoms with Crippen molar-refractivity contribution in [2.45, 2.75) is 58.1 Å². The van der Waals surface area contributed by atoms with E-state index in [0.717, 1.165) is 30.6 Å². The molecule has 120 valence electrons. The minimum Gasteiger partial charge on any atom is -0.313 e. The first-order valence-corrected chi connectivity index (χ1v) is 9.08. The van der Waals surface area contributed by atoms with Gasteiger partial charge in [0.15, 0.2) is 5.03 Å². The number of rotatable bonds is 5. The van der Waals surface area contributed by atoms with Gasteiger partial charge < -0.3 is 5.32 Å². The van der Waals surface area contributed by atoms with Gasteiger partial charge in [0.25, 0.3) is 10.0 Å². The third-order valence-electron chi connectivity index (χ3n) is 4.20. The summed E-state index contributed by atoms with van der Waals surface area (Å²) in [5, 5.41) is 10.3. The van der Waals surface area contributed by atoms with Gasteiger partial charge in [-0.25, -0.2) is 8.42 Å². The summed E-state index contributed by atoms with van der Waals surface area (Å²) in [6, 6.07) is 0.0372. The van der Waals surface area contributed by atoms with E-state index in [0.29, 0.717) is 19.0 Å². The van der Waals surface area contributed by atoms with E-state index in [1.165, 1.54) is 0 Å². The SMILES string of the molecule is CCNCc1c(S(=O)(=O)N2CC(C)CCC2C)n[nH]c1C. The zero-order chi connectivity index (χ0) is 15.6. The number of hydrogen-bond acceptors (Lipinski definition) is 4. The molecule has 2 N–H and O–H groups in total. The molecule has 0 radical (unpaired) electrons. The minimum absolute atomic E-state index is 0.0372. The summed E-state index contributed by atoms with van der Waals surface area (Å²) >= 11 is 0. The van der Waals surface area contributed by atoms with Gasteiger partial charge >= 0.3 is 0 Å². The number of aromatic nitrogens is 2. The summed E-state index contributed by atoms with van der Waals surface area (Å²) in [5.74, 6) is 0.397. The van der Waals surface area contributed by atoms with Crippen LogP contribution in [0.25, 0.3) is 0 Å². The molecule has 6 nitrogen and oxygen atoms in total. The lowest BCUT2D eigenvalue weighted by atomic mass is 9.97. The van der Waals surface area contributed by atoms with Crippen molar-refractivity contribution in [3.8, 4) is 0 Å². The zero-order valence-electron chi connectivity index (χ0n) is 13.3. The Labute approximate surface area is 127 Å². The second-order valence-electron chi connectivity index (χ2n) is 6.02. The summed E-state index contributed by atoms with van der Waals surface area (Å²) in [6.07, 6.45) is 1.99. The first kappa shape index (κ1) is 16.5. The van der Waals surface area contributed by atoms with Crippen molar-refractivity contribution in [3.05, 3.63) is 11.3 Å². The van der Waals surface area contributed by atoms with Crippen LogP contribution in [-0.4, -0.2) is 42.1 Å². The predicted molar refractivity (Wildman–Crippen MR) is 82.5 cm³/mol. The molecular weight excluding hydrogens is 288 g/mol. The molecule has 1 aliphatic heterocycles. The first-order valence-electron chi connectivity index (χ1n) is 7.64. The third kappa shape index (κ3) is 3.30. The Morgan fingerprint density at radius 1 is 1.38 bits per heavy atom. The van der Waals surface area contributed by atoms with Gasteiger partial charge in [-0.15, -0.1) is 0 Å². The Hall–Kier alpha value is -0.920. The van der Waals surface area contributed by atoms with Crippen molar-refractivity contribution in [1.82, 2.24) is 19.8 Å². The lowest BCUT2D eigenvalue weighted by Gasteiger charge is -2.35. The van der Waals surface area contributed by atoms with E-state index in [-0.39, 0.29) is 11.1 Å². The maximum Gasteiger partial charge on any atom is 0.262 e. The molecule has 0 saturated carbocycles. The fourth-order valence-electron chi connectivity index (χ4n) is 2.80. The second-order valence-corrected chi connectivity index (χ2v) is 7.82. The monoisotopic (exact) mass is 314 g/mol. The van der Waals surface area contributed by atoms with E-state index in [2.05, 4.69) is 22.4 Å². The topological polar surface area (TPSA) is 78.1 Å². The van der Waals surface area contributed by atoms with Crippen molar-refractivity contribution in [1.29, 1.82) is 0 Å². The predicted octanol–water partition coefficient (Wildman–Crippen LogP) is 1.64. The largest absolute Gasteiger partial charge is 0.313 e. The van der Waals surface area contributed by atoms with Crippen LogP contribution in [0.2, 0.25) is 0 Å². The molecule has 2 unspecified atom stereocenters. The highest BCUT2D eigenvalue weighted by molar-refractivity contribution is 7.89. The molecule has 2 rings (SSSR count). The van der Waals surface area contributed by atoms with Gasteiger partial charge in [0, 0.05) is 30.4 Å². The van der Waals surface area contributed by atoms with Crippen molar-refractivity contribution in [3.63, 3.8) is 0 Å². The normalized spacial score (nSPS) is 24.4. The third-order valence-corrected chi connectivity index (χ3v) is 6.15. The Bertz CT molecular complexity index is 582. The number of piperidine rings is 1.